The van der Waals surface area contributed by atoms with Gasteiger partial charge >= 0.3 is 0 Å². The summed E-state index contributed by atoms with van der Waals surface area (Å²) in [4.78, 5) is 11.4. The quantitative estimate of drug-likeness (QED) is 0.512. The Morgan fingerprint density at radius 3 is 2.61 bits per heavy atom. The zero-order chi connectivity index (χ0) is 19.4. The van der Waals surface area contributed by atoms with Crippen LogP contribution >= 0.6 is 11.3 Å². The zero-order valence-electron chi connectivity index (χ0n) is 17.4. The van der Waals surface area contributed by atoms with Gasteiger partial charge < -0.3 is 20.3 Å². The Kier molecular flexibility index (Phi) is 9.56. The Bertz CT molecular complexity index is 551. The first-order valence-electron chi connectivity index (χ1n) is 11.0. The summed E-state index contributed by atoms with van der Waals surface area (Å²) in [6.07, 6.45) is 5.46. The van der Waals surface area contributed by atoms with Gasteiger partial charge in [-0.2, -0.15) is 0 Å². The first-order valence-corrected chi connectivity index (χ1v) is 11.8. The van der Waals surface area contributed by atoms with E-state index in [1.54, 1.807) is 0 Å². The highest BCUT2D eigenvalue weighted by atomic mass is 32.1. The van der Waals surface area contributed by atoms with Crippen LogP contribution in [0.5, 0.6) is 0 Å². The molecule has 0 radical (unpaired) electrons. The molecule has 0 saturated carbocycles. The van der Waals surface area contributed by atoms with Crippen molar-refractivity contribution in [2.45, 2.75) is 38.6 Å². The fraction of sp³-hybridized carbons (Fsp3) is 0.762. The maximum absolute atomic E-state index is 5.55. The predicted molar refractivity (Wildman–Crippen MR) is 118 cm³/mol. The monoisotopic (exact) mass is 407 g/mol. The number of nitrogens with one attached hydrogen (secondary N) is 2. The molecule has 2 N–H and O–H groups in total. The van der Waals surface area contributed by atoms with Gasteiger partial charge in [-0.3, -0.25) is 9.89 Å². The van der Waals surface area contributed by atoms with Gasteiger partial charge in [-0.1, -0.05) is 18.9 Å². The third-order valence-electron chi connectivity index (χ3n) is 5.54. The molecule has 6 nitrogen and oxygen atoms in total. The first kappa shape index (κ1) is 21.6. The molecule has 28 heavy (non-hydrogen) atoms. The van der Waals surface area contributed by atoms with Crippen molar-refractivity contribution in [1.29, 1.82) is 0 Å². The van der Waals surface area contributed by atoms with Gasteiger partial charge in [-0.25, -0.2) is 0 Å². The van der Waals surface area contributed by atoms with Gasteiger partial charge in [-0.05, 0) is 44.3 Å². The number of hydrogen-bond acceptors (Lipinski definition) is 5. The van der Waals surface area contributed by atoms with Crippen molar-refractivity contribution in [3.8, 4) is 0 Å². The summed E-state index contributed by atoms with van der Waals surface area (Å²) < 4.78 is 5.55. The lowest BCUT2D eigenvalue weighted by Gasteiger charge is -2.33. The number of ether oxygens (including phenoxy) is 1. The molecule has 0 bridgehead atoms. The fourth-order valence-electron chi connectivity index (χ4n) is 3.97. The Hall–Kier alpha value is -1.15. The van der Waals surface area contributed by atoms with E-state index >= 15 is 0 Å². The summed E-state index contributed by atoms with van der Waals surface area (Å²) in [6.45, 7) is 11.9. The number of rotatable bonds is 8. The summed E-state index contributed by atoms with van der Waals surface area (Å²) in [7, 11) is 0. The molecule has 1 aromatic rings. The van der Waals surface area contributed by atoms with E-state index < -0.39 is 0 Å². The molecule has 2 aliphatic heterocycles. The summed E-state index contributed by atoms with van der Waals surface area (Å²) in [5.74, 6) is 0.937. The van der Waals surface area contributed by atoms with Gasteiger partial charge in [0.05, 0.1) is 25.8 Å². The van der Waals surface area contributed by atoms with Crippen molar-refractivity contribution >= 4 is 17.3 Å². The smallest absolute Gasteiger partial charge is 0.191 e. The van der Waals surface area contributed by atoms with E-state index in [0.717, 1.165) is 58.4 Å². The van der Waals surface area contributed by atoms with Crippen molar-refractivity contribution in [3.05, 3.63) is 22.4 Å². The number of morpholine rings is 1. The Balaban J connectivity index is 1.54. The SMILES string of the molecule is CCNC(=NCC(c1cccs1)N1CCOCC1)NCCN1CCCCCC1. The second-order valence-electron chi connectivity index (χ2n) is 7.58. The molecule has 158 valence electrons. The third-order valence-corrected chi connectivity index (χ3v) is 6.52. The fourth-order valence-corrected chi connectivity index (χ4v) is 4.82. The Morgan fingerprint density at radius 2 is 1.93 bits per heavy atom. The van der Waals surface area contributed by atoms with Gasteiger partial charge in [0.25, 0.3) is 0 Å². The molecule has 0 aliphatic carbocycles. The molecule has 2 fully saturated rings. The second kappa shape index (κ2) is 12.4. The topological polar surface area (TPSA) is 52.1 Å². The number of likely N-dealkylation sites (tertiary alicyclic amines) is 1. The average molecular weight is 408 g/mol. The molecule has 1 aromatic heterocycles. The lowest BCUT2D eigenvalue weighted by atomic mass is 10.2. The summed E-state index contributed by atoms with van der Waals surface area (Å²) in [5, 5.41) is 9.13. The van der Waals surface area contributed by atoms with Crippen LogP contribution in [0.2, 0.25) is 0 Å². The van der Waals surface area contributed by atoms with E-state index in [2.05, 4.69) is 44.9 Å². The minimum absolute atomic E-state index is 0.338. The molecule has 3 rings (SSSR count). The van der Waals surface area contributed by atoms with E-state index in [9.17, 15) is 0 Å². The molecule has 0 aromatic carbocycles. The largest absolute Gasteiger partial charge is 0.379 e. The maximum atomic E-state index is 5.55. The zero-order valence-corrected chi connectivity index (χ0v) is 18.2. The molecule has 2 saturated heterocycles. The second-order valence-corrected chi connectivity index (χ2v) is 8.56. The maximum Gasteiger partial charge on any atom is 0.191 e. The minimum atomic E-state index is 0.338. The standard InChI is InChI=1S/C21H37N5OS/c1-2-22-21(23-9-12-25-10-5-3-4-6-11-25)24-18-19(20-8-7-17-28-20)26-13-15-27-16-14-26/h7-8,17,19H,2-6,9-16,18H2,1H3,(H2,22,23,24). The van der Waals surface area contributed by atoms with Crippen molar-refractivity contribution in [3.63, 3.8) is 0 Å². The Morgan fingerprint density at radius 1 is 1.14 bits per heavy atom. The number of hydrogen-bond donors (Lipinski definition) is 2. The van der Waals surface area contributed by atoms with Gasteiger partial charge in [0.15, 0.2) is 5.96 Å². The third kappa shape index (κ3) is 7.03. The Labute approximate surface area is 174 Å². The average Bonchev–Trinajstić information content (AvgIpc) is 3.13. The van der Waals surface area contributed by atoms with Crippen LogP contribution in [0, 0.1) is 0 Å². The van der Waals surface area contributed by atoms with Crippen LogP contribution in [0.3, 0.4) is 0 Å². The van der Waals surface area contributed by atoms with Crippen molar-refractivity contribution in [1.82, 2.24) is 20.4 Å². The van der Waals surface area contributed by atoms with Gasteiger partial charge in [0.1, 0.15) is 0 Å². The molecule has 2 aliphatic rings. The number of aliphatic imine (C=N–C) groups is 1. The molecular formula is C21H37N5OS. The lowest BCUT2D eigenvalue weighted by molar-refractivity contribution is 0.0186. The highest BCUT2D eigenvalue weighted by Gasteiger charge is 2.23. The van der Waals surface area contributed by atoms with Crippen LogP contribution in [-0.4, -0.2) is 81.3 Å². The van der Waals surface area contributed by atoms with E-state index in [1.807, 2.05) is 11.3 Å². The molecule has 7 heteroatoms. The lowest BCUT2D eigenvalue weighted by Crippen LogP contribution is -2.43. The van der Waals surface area contributed by atoms with Crippen LogP contribution in [0.25, 0.3) is 0 Å². The molecule has 0 spiro atoms. The van der Waals surface area contributed by atoms with Gasteiger partial charge in [0.2, 0.25) is 0 Å². The summed E-state index contributed by atoms with van der Waals surface area (Å²) >= 11 is 1.83. The first-order chi connectivity index (χ1) is 13.9. The van der Waals surface area contributed by atoms with E-state index in [0.29, 0.717) is 6.04 Å². The van der Waals surface area contributed by atoms with Crippen LogP contribution in [0.15, 0.2) is 22.5 Å². The van der Waals surface area contributed by atoms with Crippen LogP contribution in [-0.2, 0) is 4.74 Å². The van der Waals surface area contributed by atoms with Crippen molar-refractivity contribution < 1.29 is 4.74 Å². The van der Waals surface area contributed by atoms with Crippen LogP contribution in [0.4, 0.5) is 0 Å². The minimum Gasteiger partial charge on any atom is -0.379 e. The summed E-state index contributed by atoms with van der Waals surface area (Å²) in [6, 6.07) is 4.71. The van der Waals surface area contributed by atoms with Gasteiger partial charge in [0, 0.05) is 37.6 Å². The van der Waals surface area contributed by atoms with Crippen molar-refractivity contribution in [2.24, 2.45) is 4.99 Å². The molecule has 0 amide bonds. The van der Waals surface area contributed by atoms with Crippen LogP contribution < -0.4 is 10.6 Å². The van der Waals surface area contributed by atoms with Gasteiger partial charge in [-0.15, -0.1) is 11.3 Å². The molecule has 3 heterocycles. The molecular weight excluding hydrogens is 370 g/mol. The molecule has 1 unspecified atom stereocenters. The number of thiophene rings is 1. The van der Waals surface area contributed by atoms with Crippen LogP contribution in [0.1, 0.15) is 43.5 Å². The molecule has 1 atom stereocenters. The van der Waals surface area contributed by atoms with E-state index in [-0.39, 0.29) is 0 Å². The highest BCUT2D eigenvalue weighted by Crippen LogP contribution is 2.26. The summed E-state index contributed by atoms with van der Waals surface area (Å²) in [5.41, 5.74) is 0. The predicted octanol–water partition coefficient (Wildman–Crippen LogP) is 2.55. The highest BCUT2D eigenvalue weighted by molar-refractivity contribution is 7.10. The number of nitrogens with zero attached hydrogens (tertiary/aromatic N) is 3. The number of guanidine groups is 1. The normalized spacial score (nSPS) is 21.2. The van der Waals surface area contributed by atoms with Crippen molar-refractivity contribution in [2.75, 3.05) is 65.6 Å². The van der Waals surface area contributed by atoms with E-state index in [1.165, 1.54) is 43.6 Å². The van der Waals surface area contributed by atoms with E-state index in [4.69, 9.17) is 9.73 Å².